The average Bonchev–Trinajstić information content (AvgIpc) is 3.91. The van der Waals surface area contributed by atoms with Crippen molar-refractivity contribution in [2.45, 2.75) is 20.3 Å². The van der Waals surface area contributed by atoms with Gasteiger partial charge in [-0.1, -0.05) is 202 Å². The van der Waals surface area contributed by atoms with Gasteiger partial charge < -0.3 is 0 Å². The second kappa shape index (κ2) is 16.3. The monoisotopic (exact) mass is 826 g/mol. The van der Waals surface area contributed by atoms with Gasteiger partial charge in [0.25, 0.3) is 0 Å². The molecule has 0 bridgehead atoms. The van der Waals surface area contributed by atoms with Gasteiger partial charge >= 0.3 is 0 Å². The molecule has 0 saturated carbocycles. The van der Waals surface area contributed by atoms with E-state index in [1.165, 1.54) is 48.5 Å². The van der Waals surface area contributed by atoms with Gasteiger partial charge in [0.1, 0.15) is 0 Å². The van der Waals surface area contributed by atoms with Gasteiger partial charge in [0, 0.05) is 47.6 Å². The molecule has 0 radical (unpaired) electrons. The highest BCUT2D eigenvalue weighted by atomic mass is 32.1. The summed E-state index contributed by atoms with van der Waals surface area (Å²) < 4.78 is 4.82. The molecule has 3 aromatic heterocycles. The van der Waals surface area contributed by atoms with Crippen molar-refractivity contribution in [2.24, 2.45) is 0 Å². The van der Waals surface area contributed by atoms with E-state index in [2.05, 4.69) is 213 Å². The predicted molar refractivity (Wildman–Crippen MR) is 268 cm³/mol. The van der Waals surface area contributed by atoms with Crippen molar-refractivity contribution in [3.63, 3.8) is 0 Å². The fourth-order valence-corrected chi connectivity index (χ4v) is 9.88. The quantitative estimate of drug-likeness (QED) is 0.168. The second-order valence-electron chi connectivity index (χ2n) is 15.9. The van der Waals surface area contributed by atoms with E-state index in [-0.39, 0.29) is 0 Å². The normalized spacial score (nSPS) is 11.4. The molecule has 0 unspecified atom stereocenters. The largest absolute Gasteiger partial charge is 0.277 e. The Morgan fingerprint density at radius 1 is 0.397 bits per heavy atom. The number of fused-ring (bicyclic) bond motifs is 8. The van der Waals surface area contributed by atoms with Crippen molar-refractivity contribution in [1.82, 2.24) is 19.5 Å². The Bertz CT molecular complexity index is 3490. The van der Waals surface area contributed by atoms with Crippen LogP contribution >= 0.6 is 11.3 Å². The van der Waals surface area contributed by atoms with Gasteiger partial charge in [-0.3, -0.25) is 4.57 Å². The Balaban J connectivity index is 0.00000144. The molecule has 4 nitrogen and oxygen atoms in total. The lowest BCUT2D eigenvalue weighted by Crippen LogP contribution is -2.07. The van der Waals surface area contributed by atoms with Gasteiger partial charge in [0.15, 0.2) is 11.6 Å². The lowest BCUT2D eigenvalue weighted by atomic mass is 9.98. The molecule has 0 atom stereocenters. The molecule has 5 heteroatoms. The van der Waals surface area contributed by atoms with Crippen LogP contribution in [0.5, 0.6) is 0 Å². The van der Waals surface area contributed by atoms with Crippen LogP contribution < -0.4 is 0 Å². The third kappa shape index (κ3) is 6.93. The van der Waals surface area contributed by atoms with Crippen LogP contribution in [0.4, 0.5) is 0 Å². The van der Waals surface area contributed by atoms with Crippen LogP contribution in [0.1, 0.15) is 20.3 Å². The summed E-state index contributed by atoms with van der Waals surface area (Å²) in [5.41, 5.74) is 10.8. The minimum Gasteiger partial charge on any atom is -0.277 e. The first-order valence-corrected chi connectivity index (χ1v) is 22.4. The van der Waals surface area contributed by atoms with Crippen LogP contribution in [0.2, 0.25) is 0 Å². The molecule has 0 saturated heterocycles. The standard InChI is InChI=1S/C55H34N4S.C3H8/c1-3-12-35(13-4-1)37-22-26-40(27-23-37)53-56-54(41-28-24-38(25-29-41)36-14-5-2-6-15-36)58-55(57-53)59-48-21-10-9-18-45(48)46-20-11-19-44(52(46)59)42-31-32-49-47(34-42)51-43-17-8-7-16-39(43)30-33-50(51)60-49;1-3-2/h1-34H;3H2,1-2H3. The molecular formula is C58H42N4S. The Morgan fingerprint density at radius 3 is 1.56 bits per heavy atom. The summed E-state index contributed by atoms with van der Waals surface area (Å²) in [6, 6.07) is 73.3. The number of thiophene rings is 1. The molecule has 0 fully saturated rings. The number of benzene rings is 9. The lowest BCUT2D eigenvalue weighted by Gasteiger charge is -2.13. The zero-order valence-electron chi connectivity index (χ0n) is 35.0. The molecule has 0 aliphatic heterocycles. The fraction of sp³-hybridized carbons (Fsp3) is 0.0517. The van der Waals surface area contributed by atoms with E-state index < -0.39 is 0 Å². The molecule has 0 aliphatic carbocycles. The summed E-state index contributed by atoms with van der Waals surface area (Å²) in [5.74, 6) is 1.80. The van der Waals surface area contributed by atoms with E-state index >= 15 is 0 Å². The summed E-state index contributed by atoms with van der Waals surface area (Å²) in [6.45, 7) is 4.25. The zero-order chi connectivity index (χ0) is 42.3. The van der Waals surface area contributed by atoms with E-state index in [9.17, 15) is 0 Å². The first-order chi connectivity index (χ1) is 31.1. The first kappa shape index (κ1) is 38.2. The molecule has 63 heavy (non-hydrogen) atoms. The van der Waals surface area contributed by atoms with Gasteiger partial charge in [-0.15, -0.1) is 11.3 Å². The van der Waals surface area contributed by atoms with Gasteiger partial charge in [-0.25, -0.2) is 4.98 Å². The van der Waals surface area contributed by atoms with Crippen LogP contribution in [0.25, 0.3) is 115 Å². The van der Waals surface area contributed by atoms with Crippen molar-refractivity contribution in [2.75, 3.05) is 0 Å². The second-order valence-corrected chi connectivity index (χ2v) is 17.0. The summed E-state index contributed by atoms with van der Waals surface area (Å²) in [4.78, 5) is 15.8. The maximum absolute atomic E-state index is 5.33. The highest BCUT2D eigenvalue weighted by molar-refractivity contribution is 7.26. The van der Waals surface area contributed by atoms with E-state index in [0.29, 0.717) is 17.6 Å². The summed E-state index contributed by atoms with van der Waals surface area (Å²) >= 11 is 1.85. The molecule has 12 aromatic rings. The molecule has 0 aliphatic rings. The fourth-order valence-electron chi connectivity index (χ4n) is 8.78. The maximum atomic E-state index is 5.33. The molecule has 0 amide bonds. The highest BCUT2D eigenvalue weighted by Gasteiger charge is 2.21. The van der Waals surface area contributed by atoms with Crippen LogP contribution in [0, 0.1) is 0 Å². The topological polar surface area (TPSA) is 43.6 Å². The van der Waals surface area contributed by atoms with E-state index in [1.807, 2.05) is 23.5 Å². The average molecular weight is 827 g/mol. The Labute approximate surface area is 370 Å². The van der Waals surface area contributed by atoms with Crippen LogP contribution in [-0.2, 0) is 0 Å². The van der Waals surface area contributed by atoms with Crippen molar-refractivity contribution in [3.05, 3.63) is 206 Å². The highest BCUT2D eigenvalue weighted by Crippen LogP contribution is 2.43. The molecule has 300 valence electrons. The lowest BCUT2D eigenvalue weighted by molar-refractivity contribution is 0.954. The van der Waals surface area contributed by atoms with Crippen LogP contribution in [0.15, 0.2) is 206 Å². The predicted octanol–water partition coefficient (Wildman–Crippen LogP) is 16.2. The number of hydrogen-bond donors (Lipinski definition) is 0. The van der Waals surface area contributed by atoms with E-state index in [0.717, 1.165) is 55.2 Å². The number of hydrogen-bond acceptors (Lipinski definition) is 4. The number of rotatable bonds is 6. The Hall–Kier alpha value is -7.73. The summed E-state index contributed by atoms with van der Waals surface area (Å²) in [6.07, 6.45) is 1.25. The SMILES string of the molecule is CCC.c1ccc(-c2ccc(-c3nc(-c4ccc(-c5ccccc5)cc4)nc(-n4c5ccccc5c5cccc(-c6ccc7sc8ccc9ccccc9c8c7c6)c54)n3)cc2)cc1. The third-order valence-electron chi connectivity index (χ3n) is 11.7. The van der Waals surface area contributed by atoms with Crippen molar-refractivity contribution in [1.29, 1.82) is 0 Å². The molecule has 0 spiro atoms. The van der Waals surface area contributed by atoms with Gasteiger partial charge in [-0.2, -0.15) is 9.97 Å². The Kier molecular flexibility index (Phi) is 9.87. The van der Waals surface area contributed by atoms with E-state index in [4.69, 9.17) is 15.0 Å². The van der Waals surface area contributed by atoms with Gasteiger partial charge in [0.2, 0.25) is 5.95 Å². The van der Waals surface area contributed by atoms with Crippen LogP contribution in [0.3, 0.4) is 0 Å². The summed E-state index contributed by atoms with van der Waals surface area (Å²) in [7, 11) is 0. The first-order valence-electron chi connectivity index (χ1n) is 21.6. The van der Waals surface area contributed by atoms with Gasteiger partial charge in [-0.05, 0) is 62.9 Å². The van der Waals surface area contributed by atoms with E-state index in [1.54, 1.807) is 0 Å². The zero-order valence-corrected chi connectivity index (χ0v) is 35.9. The molecule has 9 aromatic carbocycles. The molecule has 3 heterocycles. The minimum atomic E-state index is 0.570. The summed E-state index contributed by atoms with van der Waals surface area (Å²) in [5, 5.41) is 7.41. The molecule has 12 rings (SSSR count). The number of aromatic nitrogens is 4. The Morgan fingerprint density at radius 2 is 0.905 bits per heavy atom. The van der Waals surface area contributed by atoms with Crippen molar-refractivity contribution in [3.8, 4) is 62.1 Å². The maximum Gasteiger partial charge on any atom is 0.238 e. The minimum absolute atomic E-state index is 0.570. The van der Waals surface area contributed by atoms with Crippen molar-refractivity contribution >= 4 is 64.1 Å². The number of nitrogens with zero attached hydrogens (tertiary/aromatic N) is 4. The third-order valence-corrected chi connectivity index (χ3v) is 12.8. The van der Waals surface area contributed by atoms with Gasteiger partial charge in [0.05, 0.1) is 11.0 Å². The molecule has 0 N–H and O–H groups in total. The molecular weight excluding hydrogens is 785 g/mol. The number of para-hydroxylation sites is 2. The van der Waals surface area contributed by atoms with Crippen LogP contribution in [-0.4, -0.2) is 19.5 Å². The smallest absolute Gasteiger partial charge is 0.238 e. The van der Waals surface area contributed by atoms with Crippen molar-refractivity contribution < 1.29 is 0 Å².